The van der Waals surface area contributed by atoms with Gasteiger partial charge in [-0.3, -0.25) is 9.59 Å². The average molecular weight is 179 g/mol. The highest BCUT2D eigenvalue weighted by atomic mass is 16.2. The normalized spacial score (nSPS) is 15.2. The van der Waals surface area contributed by atoms with Crippen LogP contribution < -0.4 is 5.56 Å². The van der Waals surface area contributed by atoms with Crippen LogP contribution in [-0.4, -0.2) is 33.9 Å². The molecule has 13 heavy (non-hydrogen) atoms. The van der Waals surface area contributed by atoms with Crippen LogP contribution in [0.25, 0.3) is 0 Å². The number of carbonyl (C=O) groups is 1. The van der Waals surface area contributed by atoms with Crippen molar-refractivity contribution in [2.75, 3.05) is 13.1 Å². The van der Waals surface area contributed by atoms with Gasteiger partial charge in [-0.25, -0.2) is 4.98 Å². The molecule has 2 rings (SSSR count). The summed E-state index contributed by atoms with van der Waals surface area (Å²) >= 11 is 0. The molecule has 1 aliphatic rings. The predicted octanol–water partition coefficient (Wildman–Crippen LogP) is -0.384. The van der Waals surface area contributed by atoms with Gasteiger partial charge in [0.1, 0.15) is 5.69 Å². The van der Waals surface area contributed by atoms with Gasteiger partial charge in [0, 0.05) is 19.3 Å². The zero-order valence-corrected chi connectivity index (χ0v) is 6.99. The summed E-state index contributed by atoms with van der Waals surface area (Å²) in [6.45, 7) is 1.58. The van der Waals surface area contributed by atoms with Crippen molar-refractivity contribution in [3.05, 3.63) is 28.4 Å². The fraction of sp³-hybridized carbons (Fsp3) is 0.375. The number of H-pyrrole nitrogens is 1. The van der Waals surface area contributed by atoms with E-state index in [4.69, 9.17) is 0 Å². The van der Waals surface area contributed by atoms with Gasteiger partial charge in [-0.1, -0.05) is 0 Å². The maximum atomic E-state index is 11.5. The Morgan fingerprint density at radius 1 is 1.54 bits per heavy atom. The monoisotopic (exact) mass is 179 g/mol. The minimum atomic E-state index is -0.292. The van der Waals surface area contributed by atoms with E-state index in [0.717, 1.165) is 25.7 Å². The van der Waals surface area contributed by atoms with Crippen LogP contribution in [-0.2, 0) is 0 Å². The standard InChI is InChI=1S/C8H9N3O2/c12-7-5-9-6(4-10-7)8(13)11-2-1-3-11/h4-5H,1-3H2,(H,10,12). The quantitative estimate of drug-likeness (QED) is 0.638. The number of aromatic amines is 1. The van der Waals surface area contributed by atoms with Gasteiger partial charge in [-0.2, -0.15) is 0 Å². The Bertz CT molecular complexity index is 361. The lowest BCUT2D eigenvalue weighted by atomic mass is 10.2. The number of nitrogens with one attached hydrogen (secondary N) is 1. The van der Waals surface area contributed by atoms with Gasteiger partial charge >= 0.3 is 0 Å². The highest BCUT2D eigenvalue weighted by Gasteiger charge is 2.22. The smallest absolute Gasteiger partial charge is 0.273 e. The van der Waals surface area contributed by atoms with Crippen LogP contribution in [0.15, 0.2) is 17.2 Å². The van der Waals surface area contributed by atoms with E-state index in [1.54, 1.807) is 4.90 Å². The Morgan fingerprint density at radius 2 is 2.31 bits per heavy atom. The average Bonchev–Trinajstić information content (AvgIpc) is 2.02. The lowest BCUT2D eigenvalue weighted by Crippen LogP contribution is -2.42. The molecular formula is C8H9N3O2. The Balaban J connectivity index is 2.20. The van der Waals surface area contributed by atoms with E-state index in [2.05, 4.69) is 9.97 Å². The van der Waals surface area contributed by atoms with Crippen molar-refractivity contribution < 1.29 is 4.79 Å². The van der Waals surface area contributed by atoms with Gasteiger partial charge < -0.3 is 9.88 Å². The van der Waals surface area contributed by atoms with Crippen molar-refractivity contribution in [3.63, 3.8) is 0 Å². The zero-order chi connectivity index (χ0) is 9.26. The molecule has 0 radical (unpaired) electrons. The van der Waals surface area contributed by atoms with Crippen molar-refractivity contribution in [3.8, 4) is 0 Å². The van der Waals surface area contributed by atoms with Crippen LogP contribution in [0.1, 0.15) is 16.9 Å². The summed E-state index contributed by atoms with van der Waals surface area (Å²) < 4.78 is 0. The van der Waals surface area contributed by atoms with E-state index >= 15 is 0 Å². The van der Waals surface area contributed by atoms with Crippen molar-refractivity contribution in [2.45, 2.75) is 6.42 Å². The van der Waals surface area contributed by atoms with Gasteiger partial charge in [0.05, 0.1) is 6.20 Å². The SMILES string of the molecule is O=C(c1c[nH]c(=O)cn1)N1CCC1. The summed E-state index contributed by atoms with van der Waals surface area (Å²) in [5, 5.41) is 0. The molecule has 0 bridgehead atoms. The first kappa shape index (κ1) is 7.97. The lowest BCUT2D eigenvalue weighted by Gasteiger charge is -2.30. The fourth-order valence-corrected chi connectivity index (χ4v) is 1.14. The van der Waals surface area contributed by atoms with Gasteiger partial charge in [0.15, 0.2) is 0 Å². The second kappa shape index (κ2) is 3.01. The number of hydrogen-bond acceptors (Lipinski definition) is 3. The molecular weight excluding hydrogens is 170 g/mol. The largest absolute Gasteiger partial charge is 0.337 e. The van der Waals surface area contributed by atoms with Gasteiger partial charge in [0.2, 0.25) is 0 Å². The molecule has 2 heterocycles. The molecule has 0 atom stereocenters. The molecule has 1 fully saturated rings. The highest BCUT2D eigenvalue weighted by molar-refractivity contribution is 5.92. The first-order chi connectivity index (χ1) is 6.27. The molecule has 0 spiro atoms. The Labute approximate surface area is 74.4 Å². The maximum absolute atomic E-state index is 11.5. The van der Waals surface area contributed by atoms with E-state index in [1.807, 2.05) is 0 Å². The van der Waals surface area contributed by atoms with E-state index < -0.39 is 0 Å². The number of carbonyl (C=O) groups excluding carboxylic acids is 1. The number of likely N-dealkylation sites (tertiary alicyclic amines) is 1. The molecule has 0 saturated carbocycles. The third-order valence-corrected chi connectivity index (χ3v) is 2.03. The van der Waals surface area contributed by atoms with Crippen LogP contribution >= 0.6 is 0 Å². The van der Waals surface area contributed by atoms with Crippen molar-refractivity contribution in [1.29, 1.82) is 0 Å². The van der Waals surface area contributed by atoms with Crippen molar-refractivity contribution in [2.24, 2.45) is 0 Å². The molecule has 0 unspecified atom stereocenters. The second-order valence-corrected chi connectivity index (χ2v) is 2.94. The molecule has 68 valence electrons. The molecule has 1 aromatic heterocycles. The molecule has 1 aliphatic heterocycles. The molecule has 5 nitrogen and oxygen atoms in total. The molecule has 1 aromatic rings. The summed E-state index contributed by atoms with van der Waals surface area (Å²) in [5.41, 5.74) is 0.0134. The fourth-order valence-electron chi connectivity index (χ4n) is 1.14. The van der Waals surface area contributed by atoms with Crippen LogP contribution in [0.5, 0.6) is 0 Å². The van der Waals surface area contributed by atoms with E-state index in [0.29, 0.717) is 5.69 Å². The number of amides is 1. The lowest BCUT2D eigenvalue weighted by molar-refractivity contribution is 0.0645. The molecule has 1 saturated heterocycles. The van der Waals surface area contributed by atoms with Crippen LogP contribution in [0, 0.1) is 0 Å². The molecule has 5 heteroatoms. The summed E-state index contributed by atoms with van der Waals surface area (Å²) in [6.07, 6.45) is 3.52. The third kappa shape index (κ3) is 1.44. The highest BCUT2D eigenvalue weighted by Crippen LogP contribution is 2.09. The minimum absolute atomic E-state index is 0.109. The first-order valence-corrected chi connectivity index (χ1v) is 4.11. The third-order valence-electron chi connectivity index (χ3n) is 2.03. The first-order valence-electron chi connectivity index (χ1n) is 4.11. The van der Waals surface area contributed by atoms with Gasteiger partial charge in [0.25, 0.3) is 11.5 Å². The molecule has 1 amide bonds. The topological polar surface area (TPSA) is 66.1 Å². The number of rotatable bonds is 1. The number of hydrogen-bond donors (Lipinski definition) is 1. The Kier molecular flexibility index (Phi) is 1.84. The molecule has 0 aromatic carbocycles. The Morgan fingerprint density at radius 3 is 2.77 bits per heavy atom. The summed E-state index contributed by atoms with van der Waals surface area (Å²) in [7, 11) is 0. The van der Waals surface area contributed by atoms with Crippen LogP contribution in [0.2, 0.25) is 0 Å². The van der Waals surface area contributed by atoms with Gasteiger partial charge in [-0.15, -0.1) is 0 Å². The number of aromatic nitrogens is 2. The van der Waals surface area contributed by atoms with Crippen molar-refractivity contribution in [1.82, 2.24) is 14.9 Å². The minimum Gasteiger partial charge on any atom is -0.337 e. The number of nitrogens with zero attached hydrogens (tertiary/aromatic N) is 2. The van der Waals surface area contributed by atoms with E-state index in [-0.39, 0.29) is 11.5 Å². The summed E-state index contributed by atoms with van der Waals surface area (Å²) in [6, 6.07) is 0. The van der Waals surface area contributed by atoms with Crippen LogP contribution in [0.3, 0.4) is 0 Å². The van der Waals surface area contributed by atoms with Crippen LogP contribution in [0.4, 0.5) is 0 Å². The summed E-state index contributed by atoms with van der Waals surface area (Å²) in [5.74, 6) is -0.109. The molecule has 1 N–H and O–H groups in total. The summed E-state index contributed by atoms with van der Waals surface area (Å²) in [4.78, 5) is 30.0. The predicted molar refractivity (Wildman–Crippen MR) is 45.4 cm³/mol. The van der Waals surface area contributed by atoms with Crippen molar-refractivity contribution >= 4 is 5.91 Å². The van der Waals surface area contributed by atoms with E-state index in [9.17, 15) is 9.59 Å². The molecule has 0 aliphatic carbocycles. The Hall–Kier alpha value is -1.65. The maximum Gasteiger partial charge on any atom is 0.273 e. The van der Waals surface area contributed by atoms with Gasteiger partial charge in [-0.05, 0) is 6.42 Å². The second-order valence-electron chi connectivity index (χ2n) is 2.94. The zero-order valence-electron chi connectivity index (χ0n) is 6.99. The van der Waals surface area contributed by atoms with E-state index in [1.165, 1.54) is 6.20 Å².